The first-order valence-electron chi connectivity index (χ1n) is 4.29. The zero-order valence-electron chi connectivity index (χ0n) is 7.99. The molecule has 3 N–H and O–H groups in total. The summed E-state index contributed by atoms with van der Waals surface area (Å²) in [6.07, 6.45) is 0. The highest BCUT2D eigenvalue weighted by atomic mass is 35.5. The number of H-pyrrole nitrogens is 1. The van der Waals surface area contributed by atoms with Crippen molar-refractivity contribution in [3.63, 3.8) is 0 Å². The Morgan fingerprint density at radius 1 is 1.53 bits per heavy atom. The summed E-state index contributed by atoms with van der Waals surface area (Å²) in [6, 6.07) is 5.56. The van der Waals surface area contributed by atoms with E-state index in [1.54, 1.807) is 4.57 Å². The minimum Gasteiger partial charge on any atom is -0.368 e. The number of halogens is 1. The summed E-state index contributed by atoms with van der Waals surface area (Å²) in [5.41, 5.74) is 7.47. The molecule has 0 unspecified atom stereocenters. The van der Waals surface area contributed by atoms with Gasteiger partial charge in [0.2, 0.25) is 10.7 Å². The monoisotopic (exact) mass is 240 g/mol. The number of nitrogens with two attached hydrogens (primary N) is 1. The Bertz CT molecular complexity index is 557. The lowest BCUT2D eigenvalue weighted by molar-refractivity contribution is 1.02. The Balaban J connectivity index is 2.75. The van der Waals surface area contributed by atoms with E-state index >= 15 is 0 Å². The number of hydrogen-bond donors (Lipinski definition) is 2. The van der Waals surface area contributed by atoms with Gasteiger partial charge in [0.15, 0.2) is 0 Å². The van der Waals surface area contributed by atoms with Gasteiger partial charge in [-0.2, -0.15) is 0 Å². The third-order valence-corrected chi connectivity index (χ3v) is 2.86. The molecule has 0 spiro atoms. The predicted molar refractivity (Wildman–Crippen MR) is 62.9 cm³/mol. The standard InChI is InChI=1S/C9H9ClN4S/c1-5-6(10)3-2-4-7(5)14-8(11)12-13-9(14)15/h2-4H,1H3,(H2,11,12)(H,13,15). The number of nitrogens with one attached hydrogen (secondary N) is 1. The number of benzene rings is 1. The largest absolute Gasteiger partial charge is 0.368 e. The molecule has 1 aromatic carbocycles. The summed E-state index contributed by atoms with van der Waals surface area (Å²) in [7, 11) is 0. The quantitative estimate of drug-likeness (QED) is 0.753. The van der Waals surface area contributed by atoms with Gasteiger partial charge < -0.3 is 5.73 Å². The molecule has 2 rings (SSSR count). The van der Waals surface area contributed by atoms with Crippen LogP contribution in [0.15, 0.2) is 18.2 Å². The Morgan fingerprint density at radius 2 is 2.27 bits per heavy atom. The van der Waals surface area contributed by atoms with Gasteiger partial charge in [-0.25, -0.2) is 5.10 Å². The average molecular weight is 241 g/mol. The van der Waals surface area contributed by atoms with Crippen molar-refractivity contribution in [1.29, 1.82) is 0 Å². The SMILES string of the molecule is Cc1c(Cl)cccc1-n1c(N)n[nH]c1=S. The van der Waals surface area contributed by atoms with Crippen LogP contribution in [0, 0.1) is 11.7 Å². The van der Waals surface area contributed by atoms with E-state index in [1.807, 2.05) is 25.1 Å². The van der Waals surface area contributed by atoms with Gasteiger partial charge >= 0.3 is 0 Å². The maximum atomic E-state index is 6.02. The van der Waals surface area contributed by atoms with Crippen molar-refractivity contribution >= 4 is 29.8 Å². The van der Waals surface area contributed by atoms with Crippen molar-refractivity contribution in [2.75, 3.05) is 5.73 Å². The van der Waals surface area contributed by atoms with Crippen LogP contribution in [0.25, 0.3) is 5.69 Å². The summed E-state index contributed by atoms with van der Waals surface area (Å²) in [4.78, 5) is 0. The fourth-order valence-corrected chi connectivity index (χ4v) is 1.79. The second kappa shape index (κ2) is 3.67. The van der Waals surface area contributed by atoms with E-state index in [0.717, 1.165) is 11.3 Å². The molecule has 2 aromatic rings. The molecule has 6 heteroatoms. The second-order valence-corrected chi connectivity index (χ2v) is 3.90. The van der Waals surface area contributed by atoms with Gasteiger partial charge in [0.1, 0.15) is 0 Å². The highest BCUT2D eigenvalue weighted by Crippen LogP contribution is 2.23. The Morgan fingerprint density at radius 3 is 2.87 bits per heavy atom. The molecular weight excluding hydrogens is 232 g/mol. The Kier molecular flexibility index (Phi) is 2.50. The highest BCUT2D eigenvalue weighted by Gasteiger charge is 2.08. The Labute approximate surface area is 96.7 Å². The normalized spacial score (nSPS) is 10.5. The summed E-state index contributed by atoms with van der Waals surface area (Å²) in [6.45, 7) is 1.91. The minimum atomic E-state index is 0.324. The van der Waals surface area contributed by atoms with Crippen molar-refractivity contribution < 1.29 is 0 Å². The first kappa shape index (κ1) is 10.2. The van der Waals surface area contributed by atoms with Gasteiger partial charge in [-0.05, 0) is 36.8 Å². The van der Waals surface area contributed by atoms with Gasteiger partial charge in [0, 0.05) is 5.02 Å². The molecule has 0 fully saturated rings. The van der Waals surface area contributed by atoms with Gasteiger partial charge in [-0.15, -0.1) is 5.10 Å². The third-order valence-electron chi connectivity index (χ3n) is 2.18. The number of anilines is 1. The summed E-state index contributed by atoms with van der Waals surface area (Å²) in [5.74, 6) is 0.324. The van der Waals surface area contributed by atoms with E-state index in [0.29, 0.717) is 15.7 Å². The van der Waals surface area contributed by atoms with Crippen LogP contribution in [-0.4, -0.2) is 14.8 Å². The third kappa shape index (κ3) is 1.64. The maximum absolute atomic E-state index is 6.02. The lowest BCUT2D eigenvalue weighted by atomic mass is 10.2. The van der Waals surface area contributed by atoms with Crippen molar-refractivity contribution in [2.24, 2.45) is 0 Å². The molecule has 4 nitrogen and oxygen atoms in total. The molecule has 1 heterocycles. The topological polar surface area (TPSA) is 59.6 Å². The van der Waals surface area contributed by atoms with Crippen molar-refractivity contribution in [2.45, 2.75) is 6.92 Å². The highest BCUT2D eigenvalue weighted by molar-refractivity contribution is 7.71. The van der Waals surface area contributed by atoms with Crippen LogP contribution in [-0.2, 0) is 0 Å². The van der Waals surface area contributed by atoms with E-state index in [1.165, 1.54) is 0 Å². The van der Waals surface area contributed by atoms with Crippen LogP contribution in [0.4, 0.5) is 5.95 Å². The van der Waals surface area contributed by atoms with Crippen LogP contribution >= 0.6 is 23.8 Å². The molecule has 0 saturated heterocycles. The molecule has 0 aliphatic heterocycles. The van der Waals surface area contributed by atoms with Gasteiger partial charge in [-0.3, -0.25) is 4.57 Å². The molecule has 78 valence electrons. The molecule has 1 aromatic heterocycles. The van der Waals surface area contributed by atoms with E-state index in [4.69, 9.17) is 29.6 Å². The maximum Gasteiger partial charge on any atom is 0.225 e. The number of rotatable bonds is 1. The molecule has 0 saturated carbocycles. The number of hydrogen-bond acceptors (Lipinski definition) is 3. The van der Waals surface area contributed by atoms with Crippen LogP contribution in [0.2, 0.25) is 5.02 Å². The summed E-state index contributed by atoms with van der Waals surface area (Å²) < 4.78 is 2.11. The second-order valence-electron chi connectivity index (χ2n) is 3.11. The smallest absolute Gasteiger partial charge is 0.225 e. The lowest BCUT2D eigenvalue weighted by Crippen LogP contribution is -2.02. The van der Waals surface area contributed by atoms with Gasteiger partial charge in [-0.1, -0.05) is 17.7 Å². The minimum absolute atomic E-state index is 0.324. The van der Waals surface area contributed by atoms with Gasteiger partial charge in [0.25, 0.3) is 0 Å². The van der Waals surface area contributed by atoms with Crippen molar-refractivity contribution in [1.82, 2.24) is 14.8 Å². The van der Waals surface area contributed by atoms with Crippen molar-refractivity contribution in [3.8, 4) is 5.69 Å². The van der Waals surface area contributed by atoms with Crippen LogP contribution in [0.3, 0.4) is 0 Å². The predicted octanol–water partition coefficient (Wildman–Crippen LogP) is 2.47. The fourth-order valence-electron chi connectivity index (χ4n) is 1.38. The number of nitrogen functional groups attached to an aromatic ring is 1. The van der Waals surface area contributed by atoms with Crippen molar-refractivity contribution in [3.05, 3.63) is 33.6 Å². The fraction of sp³-hybridized carbons (Fsp3) is 0.111. The number of aromatic nitrogens is 3. The zero-order chi connectivity index (χ0) is 11.0. The van der Waals surface area contributed by atoms with E-state index in [2.05, 4.69) is 10.2 Å². The molecule has 15 heavy (non-hydrogen) atoms. The molecular formula is C9H9ClN4S. The number of nitrogens with zero attached hydrogens (tertiary/aromatic N) is 2. The summed E-state index contributed by atoms with van der Waals surface area (Å²) >= 11 is 11.1. The van der Waals surface area contributed by atoms with E-state index in [9.17, 15) is 0 Å². The molecule has 0 radical (unpaired) electrons. The van der Waals surface area contributed by atoms with Crippen LogP contribution < -0.4 is 5.73 Å². The molecule has 0 atom stereocenters. The van der Waals surface area contributed by atoms with E-state index < -0.39 is 0 Å². The molecule has 0 bridgehead atoms. The molecule has 0 aliphatic rings. The van der Waals surface area contributed by atoms with Gasteiger partial charge in [0.05, 0.1) is 5.69 Å². The summed E-state index contributed by atoms with van der Waals surface area (Å²) in [5, 5.41) is 7.15. The average Bonchev–Trinajstić information content (AvgIpc) is 2.52. The zero-order valence-corrected chi connectivity index (χ0v) is 9.56. The first-order valence-corrected chi connectivity index (χ1v) is 5.08. The van der Waals surface area contributed by atoms with Crippen LogP contribution in [0.5, 0.6) is 0 Å². The molecule has 0 amide bonds. The van der Waals surface area contributed by atoms with Crippen LogP contribution in [0.1, 0.15) is 5.56 Å². The first-order chi connectivity index (χ1) is 7.11. The Hall–Kier alpha value is -1.33. The van der Waals surface area contributed by atoms with E-state index in [-0.39, 0.29) is 0 Å². The molecule has 0 aliphatic carbocycles. The number of aromatic amines is 1. The lowest BCUT2D eigenvalue weighted by Gasteiger charge is -2.08.